The van der Waals surface area contributed by atoms with Crippen molar-refractivity contribution < 1.29 is 15.1 Å². The minimum Gasteiger partial charge on any atom is -0.412 e. The lowest BCUT2D eigenvalue weighted by atomic mass is 10.4. The lowest BCUT2D eigenvalue weighted by molar-refractivity contribution is 0.239. The van der Waals surface area contributed by atoms with E-state index in [2.05, 4.69) is 21.3 Å². The molecule has 2 aliphatic heterocycles. The lowest BCUT2D eigenvalue weighted by Gasteiger charge is -2.02. The van der Waals surface area contributed by atoms with Crippen molar-refractivity contribution in [3.8, 4) is 0 Å². The SMILES string of the molecule is O.O=C1NC2NC(=O)NC2N1. The zero-order chi connectivity index (χ0) is 7.14. The third kappa shape index (κ3) is 1.05. The van der Waals surface area contributed by atoms with Crippen LogP contribution in [0.2, 0.25) is 0 Å². The van der Waals surface area contributed by atoms with Crippen molar-refractivity contribution in [3.63, 3.8) is 0 Å². The molecular formula is C4H8N4O3. The van der Waals surface area contributed by atoms with Crippen LogP contribution < -0.4 is 21.3 Å². The number of rotatable bonds is 0. The zero-order valence-electron chi connectivity index (χ0n) is 5.47. The van der Waals surface area contributed by atoms with E-state index in [0.29, 0.717) is 0 Å². The number of carbonyl (C=O) groups is 2. The molecule has 2 rings (SSSR count). The first-order valence-electron chi connectivity index (χ1n) is 2.90. The Balaban J connectivity index is 0.000000605. The quantitative estimate of drug-likeness (QED) is 0.312. The molecule has 2 fully saturated rings. The fourth-order valence-electron chi connectivity index (χ4n) is 1.05. The third-order valence-corrected chi connectivity index (χ3v) is 1.48. The predicted molar refractivity (Wildman–Crippen MR) is 34.5 cm³/mol. The summed E-state index contributed by atoms with van der Waals surface area (Å²) in [4.78, 5) is 21.1. The van der Waals surface area contributed by atoms with Gasteiger partial charge in [0, 0.05) is 0 Å². The Kier molecular flexibility index (Phi) is 1.57. The monoisotopic (exact) mass is 160 g/mol. The van der Waals surface area contributed by atoms with Gasteiger partial charge in [-0.15, -0.1) is 0 Å². The zero-order valence-corrected chi connectivity index (χ0v) is 5.47. The first-order valence-corrected chi connectivity index (χ1v) is 2.90. The number of hydrogen-bond donors (Lipinski definition) is 4. The van der Waals surface area contributed by atoms with Gasteiger partial charge in [-0.3, -0.25) is 0 Å². The molecule has 0 spiro atoms. The second kappa shape index (κ2) is 2.27. The summed E-state index contributed by atoms with van der Waals surface area (Å²) >= 11 is 0. The molecule has 11 heavy (non-hydrogen) atoms. The summed E-state index contributed by atoms with van der Waals surface area (Å²) in [5.74, 6) is 0. The molecule has 0 bridgehead atoms. The number of nitrogens with one attached hydrogen (secondary N) is 4. The van der Waals surface area contributed by atoms with Gasteiger partial charge < -0.3 is 26.7 Å². The fraction of sp³-hybridized carbons (Fsp3) is 0.500. The van der Waals surface area contributed by atoms with Gasteiger partial charge in [-0.05, 0) is 0 Å². The van der Waals surface area contributed by atoms with Crippen molar-refractivity contribution in [1.29, 1.82) is 0 Å². The molecular weight excluding hydrogens is 152 g/mol. The van der Waals surface area contributed by atoms with Gasteiger partial charge in [0.1, 0.15) is 12.3 Å². The number of hydrogen-bond acceptors (Lipinski definition) is 2. The Bertz CT molecular complexity index is 168. The second-order valence-electron chi connectivity index (χ2n) is 2.19. The van der Waals surface area contributed by atoms with Gasteiger partial charge in [-0.1, -0.05) is 0 Å². The van der Waals surface area contributed by atoms with Crippen LogP contribution in [0.5, 0.6) is 0 Å². The van der Waals surface area contributed by atoms with Crippen molar-refractivity contribution in [1.82, 2.24) is 21.3 Å². The van der Waals surface area contributed by atoms with Crippen molar-refractivity contribution in [2.24, 2.45) is 0 Å². The third-order valence-electron chi connectivity index (χ3n) is 1.48. The summed E-state index contributed by atoms with van der Waals surface area (Å²) in [5, 5.41) is 10.0. The maximum absolute atomic E-state index is 10.5. The van der Waals surface area contributed by atoms with Crippen LogP contribution in [0.25, 0.3) is 0 Å². The molecule has 2 heterocycles. The molecule has 0 atom stereocenters. The summed E-state index contributed by atoms with van der Waals surface area (Å²) < 4.78 is 0. The molecule has 0 unspecified atom stereocenters. The summed E-state index contributed by atoms with van der Waals surface area (Å²) in [6.07, 6.45) is -0.583. The fourth-order valence-corrected chi connectivity index (χ4v) is 1.05. The van der Waals surface area contributed by atoms with Crippen LogP contribution in [0, 0.1) is 0 Å². The van der Waals surface area contributed by atoms with E-state index in [9.17, 15) is 9.59 Å². The Morgan fingerprint density at radius 3 is 1.36 bits per heavy atom. The van der Waals surface area contributed by atoms with Gasteiger partial charge in [0.2, 0.25) is 0 Å². The van der Waals surface area contributed by atoms with Crippen LogP contribution in [0.4, 0.5) is 9.59 Å². The van der Waals surface area contributed by atoms with E-state index in [0.717, 1.165) is 0 Å². The van der Waals surface area contributed by atoms with E-state index in [1.807, 2.05) is 0 Å². The summed E-state index contributed by atoms with van der Waals surface area (Å²) in [7, 11) is 0. The molecule has 0 radical (unpaired) electrons. The summed E-state index contributed by atoms with van der Waals surface area (Å²) in [6, 6.07) is -0.523. The second-order valence-corrected chi connectivity index (χ2v) is 2.19. The van der Waals surface area contributed by atoms with Crippen molar-refractivity contribution in [3.05, 3.63) is 0 Å². The van der Waals surface area contributed by atoms with Crippen molar-refractivity contribution in [2.75, 3.05) is 0 Å². The average Bonchev–Trinajstić information content (AvgIpc) is 2.21. The minimum atomic E-state index is -0.292. The van der Waals surface area contributed by atoms with Crippen molar-refractivity contribution >= 4 is 12.1 Å². The Morgan fingerprint density at radius 1 is 0.818 bits per heavy atom. The molecule has 0 aromatic carbocycles. The number of amides is 4. The van der Waals surface area contributed by atoms with Crippen molar-refractivity contribution in [2.45, 2.75) is 12.3 Å². The van der Waals surface area contributed by atoms with Gasteiger partial charge >= 0.3 is 12.1 Å². The molecule has 0 aromatic rings. The van der Waals surface area contributed by atoms with E-state index in [-0.39, 0.29) is 29.9 Å². The first-order chi connectivity index (χ1) is 4.75. The Labute approximate surface area is 61.8 Å². The highest BCUT2D eigenvalue weighted by Crippen LogP contribution is 2.00. The maximum atomic E-state index is 10.5. The topological polar surface area (TPSA) is 114 Å². The largest absolute Gasteiger partial charge is 0.412 e. The number of urea groups is 2. The molecule has 0 aliphatic carbocycles. The average molecular weight is 160 g/mol. The van der Waals surface area contributed by atoms with Gasteiger partial charge in [0.05, 0.1) is 0 Å². The molecule has 0 aromatic heterocycles. The van der Waals surface area contributed by atoms with Crippen LogP contribution in [-0.4, -0.2) is 29.9 Å². The predicted octanol–water partition coefficient (Wildman–Crippen LogP) is -2.56. The van der Waals surface area contributed by atoms with E-state index in [1.165, 1.54) is 0 Å². The normalized spacial score (nSPS) is 32.4. The number of carbonyl (C=O) groups excluding carboxylic acids is 2. The molecule has 62 valence electrons. The molecule has 7 heteroatoms. The van der Waals surface area contributed by atoms with Gasteiger partial charge in [0.15, 0.2) is 0 Å². The lowest BCUT2D eigenvalue weighted by Crippen LogP contribution is -2.39. The molecule has 6 N–H and O–H groups in total. The molecule has 2 aliphatic rings. The van der Waals surface area contributed by atoms with E-state index in [4.69, 9.17) is 0 Å². The number of fused-ring (bicyclic) bond motifs is 1. The highest BCUT2D eigenvalue weighted by molar-refractivity contribution is 5.84. The smallest absolute Gasteiger partial charge is 0.318 e. The van der Waals surface area contributed by atoms with Gasteiger partial charge in [0.25, 0.3) is 0 Å². The van der Waals surface area contributed by atoms with E-state index >= 15 is 0 Å². The summed E-state index contributed by atoms with van der Waals surface area (Å²) in [6.45, 7) is 0. The van der Waals surface area contributed by atoms with Crippen LogP contribution >= 0.6 is 0 Å². The Hall–Kier alpha value is -1.50. The first kappa shape index (κ1) is 7.61. The maximum Gasteiger partial charge on any atom is 0.318 e. The van der Waals surface area contributed by atoms with Crippen LogP contribution in [-0.2, 0) is 0 Å². The van der Waals surface area contributed by atoms with Crippen LogP contribution in [0.3, 0.4) is 0 Å². The van der Waals surface area contributed by atoms with E-state index < -0.39 is 0 Å². The highest BCUT2D eigenvalue weighted by atomic mass is 16.2. The highest BCUT2D eigenvalue weighted by Gasteiger charge is 2.38. The minimum absolute atomic E-state index is 0. The standard InChI is InChI=1S/C4H6N4O2.H2O/c9-3-5-1-2(7-3)8-4(10)6-1;/h1-2H,(H2,5,7,9)(H2,6,8,10);1H2. The molecule has 7 nitrogen and oxygen atoms in total. The van der Waals surface area contributed by atoms with Gasteiger partial charge in [-0.25, -0.2) is 9.59 Å². The van der Waals surface area contributed by atoms with Crippen LogP contribution in [0.1, 0.15) is 0 Å². The molecule has 2 saturated heterocycles. The van der Waals surface area contributed by atoms with Gasteiger partial charge in [-0.2, -0.15) is 0 Å². The van der Waals surface area contributed by atoms with E-state index in [1.54, 1.807) is 0 Å². The Morgan fingerprint density at radius 2 is 1.09 bits per heavy atom. The summed E-state index contributed by atoms with van der Waals surface area (Å²) in [5.41, 5.74) is 0. The molecule has 4 amide bonds. The van der Waals surface area contributed by atoms with Crippen LogP contribution in [0.15, 0.2) is 0 Å². The molecule has 0 saturated carbocycles.